The first kappa shape index (κ1) is 17.7. The van der Waals surface area contributed by atoms with E-state index in [0.29, 0.717) is 34.8 Å². The predicted molar refractivity (Wildman–Crippen MR) is 99.6 cm³/mol. The number of allylic oxidation sites excluding steroid dienone is 2. The third kappa shape index (κ3) is 4.10. The number of halogens is 1. The van der Waals surface area contributed by atoms with Gasteiger partial charge < -0.3 is 9.88 Å². The van der Waals surface area contributed by atoms with Gasteiger partial charge in [-0.05, 0) is 43.9 Å². The van der Waals surface area contributed by atoms with Crippen LogP contribution in [0.25, 0.3) is 10.9 Å². The van der Waals surface area contributed by atoms with Crippen molar-refractivity contribution in [2.45, 2.75) is 39.2 Å². The molecule has 132 valence electrons. The third-order valence-electron chi connectivity index (χ3n) is 4.48. The Morgan fingerprint density at radius 3 is 2.96 bits per heavy atom. The maximum Gasteiger partial charge on any atom is 0.258 e. The molecule has 1 aromatic carbocycles. The number of H-pyrrole nitrogens is 1. The van der Waals surface area contributed by atoms with Crippen LogP contribution in [0.15, 0.2) is 35.1 Å². The number of nitrogens with one attached hydrogen (secondary N) is 1. The van der Waals surface area contributed by atoms with Gasteiger partial charge >= 0.3 is 0 Å². The molecule has 0 radical (unpaired) electrons. The molecule has 2 aromatic rings. The first-order valence-corrected chi connectivity index (χ1v) is 9.08. The summed E-state index contributed by atoms with van der Waals surface area (Å²) in [6, 6.07) is 5.01. The van der Waals surface area contributed by atoms with Crippen molar-refractivity contribution in [3.63, 3.8) is 0 Å². The number of hydrogen-bond donors (Lipinski definition) is 1. The fourth-order valence-electron chi connectivity index (χ4n) is 3.23. The van der Waals surface area contributed by atoms with Gasteiger partial charge in [0.25, 0.3) is 5.56 Å². The van der Waals surface area contributed by atoms with Gasteiger partial charge in [-0.2, -0.15) is 0 Å². The van der Waals surface area contributed by atoms with Gasteiger partial charge in [-0.15, -0.1) is 0 Å². The molecule has 3 rings (SSSR count). The molecular formula is C19H22ClN3O2. The minimum Gasteiger partial charge on any atom is -0.335 e. The molecule has 25 heavy (non-hydrogen) atoms. The van der Waals surface area contributed by atoms with Crippen molar-refractivity contribution >= 4 is 28.4 Å². The van der Waals surface area contributed by atoms with Crippen LogP contribution in [-0.4, -0.2) is 27.3 Å². The summed E-state index contributed by atoms with van der Waals surface area (Å²) in [5, 5.41) is 1.03. The van der Waals surface area contributed by atoms with Crippen LogP contribution in [0.3, 0.4) is 0 Å². The lowest BCUT2D eigenvalue weighted by molar-refractivity contribution is -0.136. The van der Waals surface area contributed by atoms with Gasteiger partial charge in [-0.3, -0.25) is 9.59 Å². The molecule has 1 amide bonds. The standard InChI is InChI=1S/C19H22ClN3O2/c1-2-10-23(19(25)13-6-4-3-5-7-13)12-17-21-16-11-14(20)8-9-15(16)18(24)22-17/h3-4,8-9,11,13H,2,5-7,10,12H2,1H3,(H,21,22,24). The first-order chi connectivity index (χ1) is 12.1. The van der Waals surface area contributed by atoms with E-state index in [4.69, 9.17) is 11.6 Å². The molecular weight excluding hydrogens is 338 g/mol. The molecule has 1 unspecified atom stereocenters. The molecule has 0 spiro atoms. The molecule has 0 bridgehead atoms. The van der Waals surface area contributed by atoms with Gasteiger partial charge in [0, 0.05) is 17.5 Å². The summed E-state index contributed by atoms with van der Waals surface area (Å²) in [5.41, 5.74) is 0.344. The Balaban J connectivity index is 1.86. The highest BCUT2D eigenvalue weighted by molar-refractivity contribution is 6.31. The molecule has 0 saturated carbocycles. The second-order valence-electron chi connectivity index (χ2n) is 6.42. The Labute approximate surface area is 151 Å². The van der Waals surface area contributed by atoms with E-state index < -0.39 is 0 Å². The quantitative estimate of drug-likeness (QED) is 0.828. The highest BCUT2D eigenvalue weighted by Crippen LogP contribution is 2.22. The second-order valence-corrected chi connectivity index (χ2v) is 6.85. The lowest BCUT2D eigenvalue weighted by Gasteiger charge is -2.27. The zero-order chi connectivity index (χ0) is 17.8. The van der Waals surface area contributed by atoms with Crippen molar-refractivity contribution in [2.24, 2.45) is 5.92 Å². The molecule has 0 fully saturated rings. The van der Waals surface area contributed by atoms with Crippen LogP contribution < -0.4 is 5.56 Å². The number of carbonyl (C=O) groups excluding carboxylic acids is 1. The minimum atomic E-state index is -0.207. The van der Waals surface area contributed by atoms with E-state index >= 15 is 0 Å². The largest absolute Gasteiger partial charge is 0.335 e. The Morgan fingerprint density at radius 1 is 1.40 bits per heavy atom. The molecule has 0 saturated heterocycles. The van der Waals surface area contributed by atoms with Gasteiger partial charge in [-0.1, -0.05) is 30.7 Å². The van der Waals surface area contributed by atoms with E-state index in [9.17, 15) is 9.59 Å². The van der Waals surface area contributed by atoms with Gasteiger partial charge in [0.2, 0.25) is 5.91 Å². The molecule has 1 aliphatic carbocycles. The summed E-state index contributed by atoms with van der Waals surface area (Å²) in [5.74, 6) is 0.658. The number of nitrogens with zero attached hydrogens (tertiary/aromatic N) is 2. The summed E-state index contributed by atoms with van der Waals surface area (Å²) in [7, 11) is 0. The van der Waals surface area contributed by atoms with E-state index in [1.165, 1.54) is 0 Å². The van der Waals surface area contributed by atoms with Gasteiger partial charge in [-0.25, -0.2) is 4.98 Å². The van der Waals surface area contributed by atoms with Crippen molar-refractivity contribution in [1.29, 1.82) is 0 Å². The number of carbonyl (C=O) groups is 1. The summed E-state index contributed by atoms with van der Waals surface area (Å²) in [6.07, 6.45) is 7.68. The van der Waals surface area contributed by atoms with Gasteiger partial charge in [0.1, 0.15) is 5.82 Å². The normalized spacial score (nSPS) is 17.0. The van der Waals surface area contributed by atoms with E-state index in [1.54, 1.807) is 23.1 Å². The van der Waals surface area contributed by atoms with Crippen molar-refractivity contribution in [3.05, 3.63) is 51.6 Å². The highest BCUT2D eigenvalue weighted by atomic mass is 35.5. The fraction of sp³-hybridized carbons (Fsp3) is 0.421. The Bertz CT molecular complexity index is 859. The average molecular weight is 360 g/mol. The number of aromatic nitrogens is 2. The molecule has 0 aliphatic heterocycles. The summed E-state index contributed by atoms with van der Waals surface area (Å²) >= 11 is 6.01. The number of aromatic amines is 1. The smallest absolute Gasteiger partial charge is 0.258 e. The maximum absolute atomic E-state index is 12.8. The Kier molecular flexibility index (Phi) is 5.53. The SMILES string of the molecule is CCCN(Cc1nc2cc(Cl)ccc2c(=O)[nH]1)C(=O)C1CC=CCC1. The molecule has 5 nitrogen and oxygen atoms in total. The Morgan fingerprint density at radius 2 is 2.24 bits per heavy atom. The van der Waals surface area contributed by atoms with E-state index in [-0.39, 0.29) is 17.4 Å². The topological polar surface area (TPSA) is 66.1 Å². The lowest BCUT2D eigenvalue weighted by Crippen LogP contribution is -2.37. The summed E-state index contributed by atoms with van der Waals surface area (Å²) in [4.78, 5) is 34.2. The average Bonchev–Trinajstić information content (AvgIpc) is 2.61. The van der Waals surface area contributed by atoms with Crippen molar-refractivity contribution in [1.82, 2.24) is 14.9 Å². The van der Waals surface area contributed by atoms with E-state index in [0.717, 1.165) is 25.7 Å². The zero-order valence-electron chi connectivity index (χ0n) is 14.3. The van der Waals surface area contributed by atoms with Crippen LogP contribution in [0.1, 0.15) is 38.4 Å². The van der Waals surface area contributed by atoms with Crippen molar-refractivity contribution in [3.8, 4) is 0 Å². The monoisotopic (exact) mass is 359 g/mol. The molecule has 6 heteroatoms. The highest BCUT2D eigenvalue weighted by Gasteiger charge is 2.24. The van der Waals surface area contributed by atoms with Crippen LogP contribution >= 0.6 is 11.6 Å². The number of rotatable bonds is 5. The summed E-state index contributed by atoms with van der Waals surface area (Å²) < 4.78 is 0. The van der Waals surface area contributed by atoms with Crippen molar-refractivity contribution in [2.75, 3.05) is 6.54 Å². The molecule has 1 N–H and O–H groups in total. The Hall–Kier alpha value is -2.14. The third-order valence-corrected chi connectivity index (χ3v) is 4.72. The minimum absolute atomic E-state index is 0.0261. The number of hydrogen-bond acceptors (Lipinski definition) is 3. The number of amides is 1. The number of benzene rings is 1. The van der Waals surface area contributed by atoms with Crippen molar-refractivity contribution < 1.29 is 4.79 Å². The molecule has 1 aliphatic rings. The molecule has 1 heterocycles. The van der Waals surface area contributed by atoms with E-state index in [1.807, 2.05) is 6.92 Å². The predicted octanol–water partition coefficient (Wildman–Crippen LogP) is 3.67. The lowest BCUT2D eigenvalue weighted by atomic mass is 9.93. The zero-order valence-corrected chi connectivity index (χ0v) is 15.1. The van der Waals surface area contributed by atoms with Crippen LogP contribution in [0.2, 0.25) is 5.02 Å². The van der Waals surface area contributed by atoms with Crippen LogP contribution in [-0.2, 0) is 11.3 Å². The maximum atomic E-state index is 12.8. The van der Waals surface area contributed by atoms with Crippen LogP contribution in [0.4, 0.5) is 0 Å². The van der Waals surface area contributed by atoms with Crippen LogP contribution in [0.5, 0.6) is 0 Å². The molecule has 1 aromatic heterocycles. The fourth-order valence-corrected chi connectivity index (χ4v) is 3.40. The number of fused-ring (bicyclic) bond motifs is 1. The van der Waals surface area contributed by atoms with Crippen LogP contribution in [0, 0.1) is 5.92 Å². The first-order valence-electron chi connectivity index (χ1n) is 8.70. The molecule has 1 atom stereocenters. The summed E-state index contributed by atoms with van der Waals surface area (Å²) in [6.45, 7) is 3.00. The van der Waals surface area contributed by atoms with E-state index in [2.05, 4.69) is 22.1 Å². The van der Waals surface area contributed by atoms with Gasteiger partial charge in [0.15, 0.2) is 0 Å². The second kappa shape index (κ2) is 7.83. The van der Waals surface area contributed by atoms with Gasteiger partial charge in [0.05, 0.1) is 17.4 Å².